The summed E-state index contributed by atoms with van der Waals surface area (Å²) in [6, 6.07) is 28.8. The highest BCUT2D eigenvalue weighted by Crippen LogP contribution is 2.46. The first-order chi connectivity index (χ1) is 25.9. The molecule has 11 nitrogen and oxygen atoms in total. The van der Waals surface area contributed by atoms with Crippen molar-refractivity contribution in [3.8, 4) is 17.6 Å². The highest BCUT2D eigenvalue weighted by Gasteiger charge is 2.38. The maximum absolute atomic E-state index is 8.90. The fourth-order valence-corrected chi connectivity index (χ4v) is 7.33. The lowest BCUT2D eigenvalue weighted by molar-refractivity contribution is -0.0386. The van der Waals surface area contributed by atoms with E-state index in [2.05, 4.69) is 50.6 Å². The smallest absolute Gasteiger partial charge is 0.259 e. The van der Waals surface area contributed by atoms with E-state index in [0.29, 0.717) is 85.1 Å². The van der Waals surface area contributed by atoms with Gasteiger partial charge in [0.05, 0.1) is 99.4 Å². The van der Waals surface area contributed by atoms with Crippen LogP contribution in [-0.2, 0) is 38.3 Å². The Morgan fingerprint density at radius 1 is 0.604 bits per heavy atom. The maximum atomic E-state index is 8.90. The lowest BCUT2D eigenvalue weighted by Gasteiger charge is -2.36. The summed E-state index contributed by atoms with van der Waals surface area (Å²) in [5.74, 6) is 1.55. The third kappa shape index (κ3) is 14.6. The Morgan fingerprint density at radius 2 is 1.04 bits per heavy atom. The molecule has 0 heterocycles. The van der Waals surface area contributed by atoms with Gasteiger partial charge in [-0.25, -0.2) is 4.67 Å². The van der Waals surface area contributed by atoms with Crippen LogP contribution in [0.3, 0.4) is 0 Å². The van der Waals surface area contributed by atoms with Crippen molar-refractivity contribution in [2.45, 2.75) is 58.2 Å². The number of hydrogen-bond acceptors (Lipinski definition) is 11. The molecule has 12 heteroatoms. The van der Waals surface area contributed by atoms with Crippen LogP contribution in [-0.4, -0.2) is 104 Å². The molecular formula is C41H59N2O9P. The van der Waals surface area contributed by atoms with Gasteiger partial charge >= 0.3 is 0 Å². The number of nitriles is 1. The van der Waals surface area contributed by atoms with Gasteiger partial charge in [0.1, 0.15) is 17.1 Å². The van der Waals surface area contributed by atoms with Crippen LogP contribution in [0.2, 0.25) is 0 Å². The molecule has 3 rings (SSSR count). The van der Waals surface area contributed by atoms with Crippen LogP contribution in [0, 0.1) is 11.3 Å². The summed E-state index contributed by atoms with van der Waals surface area (Å²) in [5, 5.41) is 8.90. The van der Waals surface area contributed by atoms with Gasteiger partial charge in [-0.2, -0.15) is 5.26 Å². The molecule has 2 unspecified atom stereocenters. The van der Waals surface area contributed by atoms with E-state index in [1.165, 1.54) is 0 Å². The third-order valence-electron chi connectivity index (χ3n) is 8.44. The standard InChI is InChI=1S/C41H59N2O9P/c1-7-35(4)43(34(2)3)53(51-23-11-22-42)52-33-31-49-29-27-47-25-24-46-26-28-48-30-32-50-41(36-12-9-8-10-13-36,37-14-18-39(44-5)19-15-37)38-16-20-40(45-6)21-17-38/h8-10,12-21,34-35H,7,11,23-33H2,1-6H3. The molecule has 0 aliphatic rings. The van der Waals surface area contributed by atoms with Crippen molar-refractivity contribution < 1.29 is 42.2 Å². The molecule has 3 aromatic rings. The molecule has 0 aliphatic carbocycles. The monoisotopic (exact) mass is 754 g/mol. The number of hydrogen-bond donors (Lipinski definition) is 0. The number of rotatable bonds is 29. The van der Waals surface area contributed by atoms with Crippen molar-refractivity contribution in [2.75, 3.05) is 86.9 Å². The predicted molar refractivity (Wildman–Crippen MR) is 207 cm³/mol. The second kappa shape index (κ2) is 25.8. The third-order valence-corrected chi connectivity index (χ3v) is 10.5. The van der Waals surface area contributed by atoms with Crippen LogP contribution in [0.25, 0.3) is 0 Å². The van der Waals surface area contributed by atoms with Crippen molar-refractivity contribution in [3.63, 3.8) is 0 Å². The molecule has 0 aromatic heterocycles. The summed E-state index contributed by atoms with van der Waals surface area (Å²) >= 11 is 0. The first-order valence-electron chi connectivity index (χ1n) is 18.4. The first kappa shape index (κ1) is 44.3. The van der Waals surface area contributed by atoms with Gasteiger partial charge in [-0.05, 0) is 68.1 Å². The van der Waals surface area contributed by atoms with Gasteiger partial charge in [0.2, 0.25) is 0 Å². The van der Waals surface area contributed by atoms with Gasteiger partial charge < -0.3 is 42.2 Å². The summed E-state index contributed by atoms with van der Waals surface area (Å²) in [6.45, 7) is 13.2. The molecule has 53 heavy (non-hydrogen) atoms. The topological polar surface area (TPSA) is 110 Å². The van der Waals surface area contributed by atoms with Gasteiger partial charge in [0, 0.05) is 12.1 Å². The first-order valence-corrected chi connectivity index (χ1v) is 19.5. The Kier molecular flexibility index (Phi) is 21.5. The Hall–Kier alpha value is -3.14. The molecular weight excluding hydrogens is 695 g/mol. The van der Waals surface area contributed by atoms with Gasteiger partial charge in [0.15, 0.2) is 0 Å². The van der Waals surface area contributed by atoms with Crippen molar-refractivity contribution in [1.82, 2.24) is 4.67 Å². The van der Waals surface area contributed by atoms with Crippen LogP contribution < -0.4 is 9.47 Å². The van der Waals surface area contributed by atoms with Crippen molar-refractivity contribution in [3.05, 3.63) is 95.6 Å². The number of methoxy groups -OCH3 is 2. The van der Waals surface area contributed by atoms with Gasteiger partial charge in [-0.1, -0.05) is 61.5 Å². The molecule has 0 N–H and O–H groups in total. The molecule has 0 aliphatic heterocycles. The van der Waals surface area contributed by atoms with E-state index < -0.39 is 14.1 Å². The van der Waals surface area contributed by atoms with Crippen molar-refractivity contribution in [1.29, 1.82) is 5.26 Å². The molecule has 0 bridgehead atoms. The van der Waals surface area contributed by atoms with Gasteiger partial charge in [0.25, 0.3) is 8.53 Å². The Morgan fingerprint density at radius 3 is 1.47 bits per heavy atom. The largest absolute Gasteiger partial charge is 0.497 e. The lowest BCUT2D eigenvalue weighted by Crippen LogP contribution is -2.35. The van der Waals surface area contributed by atoms with Gasteiger partial charge in [-0.15, -0.1) is 0 Å². The molecule has 0 spiro atoms. The second-order valence-electron chi connectivity index (χ2n) is 12.3. The van der Waals surface area contributed by atoms with Crippen LogP contribution in [0.4, 0.5) is 0 Å². The number of benzene rings is 3. The Balaban J connectivity index is 1.36. The summed E-state index contributed by atoms with van der Waals surface area (Å²) in [4.78, 5) is 0. The van der Waals surface area contributed by atoms with E-state index in [1.54, 1.807) is 14.2 Å². The summed E-state index contributed by atoms with van der Waals surface area (Å²) in [6.07, 6.45) is 1.32. The van der Waals surface area contributed by atoms with Crippen LogP contribution in [0.15, 0.2) is 78.9 Å². The summed E-state index contributed by atoms with van der Waals surface area (Å²) < 4.78 is 54.9. The zero-order chi connectivity index (χ0) is 38.2. The molecule has 0 radical (unpaired) electrons. The van der Waals surface area contributed by atoms with Crippen molar-refractivity contribution in [2.24, 2.45) is 0 Å². The molecule has 0 fully saturated rings. The van der Waals surface area contributed by atoms with E-state index in [1.807, 2.05) is 66.7 Å². The normalized spacial score (nSPS) is 12.9. The summed E-state index contributed by atoms with van der Waals surface area (Å²) in [5.41, 5.74) is 2.06. The molecule has 0 saturated heterocycles. The van der Waals surface area contributed by atoms with Crippen LogP contribution in [0.1, 0.15) is 57.2 Å². The summed E-state index contributed by atoms with van der Waals surface area (Å²) in [7, 11) is 2.05. The fraction of sp³-hybridized carbons (Fsp3) is 0.537. The van der Waals surface area contributed by atoms with E-state index >= 15 is 0 Å². The Labute approximate surface area is 318 Å². The minimum Gasteiger partial charge on any atom is -0.497 e. The number of ether oxygens (including phenoxy) is 7. The lowest BCUT2D eigenvalue weighted by atomic mass is 9.80. The van der Waals surface area contributed by atoms with Gasteiger partial charge in [-0.3, -0.25) is 0 Å². The molecule has 0 amide bonds. The molecule has 3 aromatic carbocycles. The van der Waals surface area contributed by atoms with Crippen LogP contribution in [0.5, 0.6) is 11.5 Å². The van der Waals surface area contributed by atoms with E-state index in [9.17, 15) is 0 Å². The second-order valence-corrected chi connectivity index (χ2v) is 13.8. The predicted octanol–water partition coefficient (Wildman–Crippen LogP) is 7.76. The minimum atomic E-state index is -1.27. The average molecular weight is 755 g/mol. The van der Waals surface area contributed by atoms with E-state index in [-0.39, 0.29) is 6.04 Å². The van der Waals surface area contributed by atoms with Crippen LogP contribution >= 0.6 is 8.53 Å². The zero-order valence-corrected chi connectivity index (χ0v) is 33.3. The van der Waals surface area contributed by atoms with E-state index in [4.69, 9.17) is 47.5 Å². The maximum Gasteiger partial charge on any atom is 0.259 e. The SMILES string of the molecule is CCC(C)N(C(C)C)P(OCCC#N)OCCOCCOCCOCCOCCOC(c1ccccc1)(c1ccc(OC)cc1)c1ccc(OC)cc1. The van der Waals surface area contributed by atoms with Crippen molar-refractivity contribution >= 4 is 8.53 Å². The molecule has 292 valence electrons. The fourth-order valence-electron chi connectivity index (χ4n) is 5.65. The Bertz CT molecular complexity index is 1360. The average Bonchev–Trinajstić information content (AvgIpc) is 3.19. The zero-order valence-electron chi connectivity index (χ0n) is 32.4. The molecule has 2 atom stereocenters. The van der Waals surface area contributed by atoms with E-state index in [0.717, 1.165) is 34.6 Å². The minimum absolute atomic E-state index is 0.261. The number of nitrogens with zero attached hydrogens (tertiary/aromatic N) is 2. The molecule has 0 saturated carbocycles. The quantitative estimate of drug-likeness (QED) is 0.0394. The highest BCUT2D eigenvalue weighted by atomic mass is 31.2. The highest BCUT2D eigenvalue weighted by molar-refractivity contribution is 7.44.